The highest BCUT2D eigenvalue weighted by atomic mass is 15.4. The Labute approximate surface area is 167 Å². The van der Waals surface area contributed by atoms with Gasteiger partial charge in [0.2, 0.25) is 0 Å². The van der Waals surface area contributed by atoms with Crippen molar-refractivity contribution in [2.45, 2.75) is 129 Å². The molecule has 0 saturated heterocycles. The summed E-state index contributed by atoms with van der Waals surface area (Å²) >= 11 is 0. The lowest BCUT2D eigenvalue weighted by molar-refractivity contribution is -0.899. The maximum absolute atomic E-state index is 3.73. The van der Waals surface area contributed by atoms with Gasteiger partial charge in [0.1, 0.15) is 6.17 Å². The molecule has 0 aliphatic carbocycles. The minimum Gasteiger partial charge on any atom is -0.316 e. The molecule has 1 atom stereocenters. The molecule has 0 rings (SSSR count). The summed E-state index contributed by atoms with van der Waals surface area (Å²) < 4.78 is 1.02. The molecule has 2 nitrogen and oxygen atoms in total. The van der Waals surface area contributed by atoms with Gasteiger partial charge in [0, 0.05) is 13.0 Å². The molecule has 0 saturated carbocycles. The number of hydrogen-bond donors (Lipinski definition) is 1. The summed E-state index contributed by atoms with van der Waals surface area (Å²) in [4.78, 5) is 0. The highest BCUT2D eigenvalue weighted by Crippen LogP contribution is 2.13. The van der Waals surface area contributed by atoms with Crippen molar-refractivity contribution in [3.05, 3.63) is 0 Å². The predicted octanol–water partition coefficient (Wildman–Crippen LogP) is 7.28. The third-order valence-corrected chi connectivity index (χ3v) is 5.73. The molecule has 0 fully saturated rings. The van der Waals surface area contributed by atoms with Crippen molar-refractivity contribution in [1.29, 1.82) is 0 Å². The van der Waals surface area contributed by atoms with Crippen LogP contribution in [0.2, 0.25) is 0 Å². The minimum atomic E-state index is 0.603. The number of rotatable bonds is 20. The molecule has 0 amide bonds. The van der Waals surface area contributed by atoms with E-state index >= 15 is 0 Å². The lowest BCUT2D eigenvalue weighted by atomic mass is 10.0. The first-order chi connectivity index (χ1) is 12.5. The monoisotopic (exact) mass is 369 g/mol. The molecule has 1 unspecified atom stereocenters. The van der Waals surface area contributed by atoms with Crippen LogP contribution in [0.15, 0.2) is 0 Å². The summed E-state index contributed by atoms with van der Waals surface area (Å²) in [7, 11) is 6.86. The zero-order valence-electron chi connectivity index (χ0n) is 19.3. The van der Waals surface area contributed by atoms with Crippen LogP contribution >= 0.6 is 0 Å². The van der Waals surface area contributed by atoms with Crippen molar-refractivity contribution < 1.29 is 4.48 Å². The first-order valence-corrected chi connectivity index (χ1v) is 12.1. The van der Waals surface area contributed by atoms with Gasteiger partial charge in [0.15, 0.2) is 0 Å². The van der Waals surface area contributed by atoms with Crippen molar-refractivity contribution in [3.63, 3.8) is 0 Å². The maximum atomic E-state index is 3.73. The van der Waals surface area contributed by atoms with Crippen LogP contribution in [-0.4, -0.2) is 38.3 Å². The van der Waals surface area contributed by atoms with E-state index in [0.29, 0.717) is 6.17 Å². The summed E-state index contributed by atoms with van der Waals surface area (Å²) in [5, 5.41) is 3.73. The Hall–Kier alpha value is -0.0800. The molecule has 0 aromatic rings. The van der Waals surface area contributed by atoms with Crippen LogP contribution in [-0.2, 0) is 0 Å². The fraction of sp³-hybridized carbons (Fsp3) is 1.00. The lowest BCUT2D eigenvalue weighted by Crippen LogP contribution is -2.53. The van der Waals surface area contributed by atoms with Crippen LogP contribution in [0.4, 0.5) is 0 Å². The van der Waals surface area contributed by atoms with Crippen molar-refractivity contribution in [1.82, 2.24) is 5.32 Å². The van der Waals surface area contributed by atoms with Crippen molar-refractivity contribution in [3.8, 4) is 0 Å². The summed E-state index contributed by atoms with van der Waals surface area (Å²) in [5.74, 6) is 0. The average Bonchev–Trinajstić information content (AvgIpc) is 2.59. The van der Waals surface area contributed by atoms with Crippen LogP contribution in [0, 0.1) is 0 Å². The van der Waals surface area contributed by atoms with Gasteiger partial charge < -0.3 is 4.48 Å². The first-order valence-electron chi connectivity index (χ1n) is 12.1. The number of nitrogens with zero attached hydrogens (tertiary/aromatic N) is 1. The summed E-state index contributed by atoms with van der Waals surface area (Å²) in [6.07, 6.45) is 24.9. The van der Waals surface area contributed by atoms with Gasteiger partial charge in [-0.3, -0.25) is 5.32 Å². The zero-order valence-corrected chi connectivity index (χ0v) is 19.3. The second-order valence-corrected chi connectivity index (χ2v) is 9.30. The molecule has 0 spiro atoms. The molecule has 158 valence electrons. The molecular formula is C24H53N2+. The Balaban J connectivity index is 3.18. The Morgan fingerprint density at radius 2 is 0.885 bits per heavy atom. The fourth-order valence-corrected chi connectivity index (χ4v) is 3.91. The highest BCUT2D eigenvalue weighted by Gasteiger charge is 2.19. The molecule has 2 heteroatoms. The van der Waals surface area contributed by atoms with Crippen molar-refractivity contribution in [2.24, 2.45) is 0 Å². The Morgan fingerprint density at radius 1 is 0.538 bits per heavy atom. The van der Waals surface area contributed by atoms with Crippen LogP contribution < -0.4 is 5.32 Å². The Morgan fingerprint density at radius 3 is 1.19 bits per heavy atom. The number of hydrogen-bond acceptors (Lipinski definition) is 1. The third-order valence-electron chi connectivity index (χ3n) is 5.73. The van der Waals surface area contributed by atoms with Crippen LogP contribution in [0.25, 0.3) is 0 Å². The van der Waals surface area contributed by atoms with Gasteiger partial charge in [0.25, 0.3) is 0 Å². The average molecular weight is 370 g/mol. The highest BCUT2D eigenvalue weighted by molar-refractivity contribution is 4.55. The molecule has 0 aliphatic rings. The second-order valence-electron chi connectivity index (χ2n) is 9.30. The predicted molar refractivity (Wildman–Crippen MR) is 120 cm³/mol. The van der Waals surface area contributed by atoms with E-state index in [1.165, 1.54) is 116 Å². The molecule has 0 aliphatic heterocycles. The topological polar surface area (TPSA) is 12.0 Å². The van der Waals surface area contributed by atoms with E-state index < -0.39 is 0 Å². The second kappa shape index (κ2) is 18.3. The molecule has 0 bridgehead atoms. The van der Waals surface area contributed by atoms with E-state index in [0.717, 1.165) is 4.48 Å². The Kier molecular flexibility index (Phi) is 18.2. The summed E-state index contributed by atoms with van der Waals surface area (Å²) in [6.45, 7) is 5.77. The van der Waals surface area contributed by atoms with Gasteiger partial charge in [-0.1, -0.05) is 110 Å². The van der Waals surface area contributed by atoms with E-state index in [9.17, 15) is 0 Å². The van der Waals surface area contributed by atoms with E-state index in [-0.39, 0.29) is 0 Å². The largest absolute Gasteiger partial charge is 0.316 e. The van der Waals surface area contributed by atoms with E-state index in [2.05, 4.69) is 40.3 Å². The molecule has 0 radical (unpaired) electrons. The normalized spacial score (nSPS) is 13.3. The van der Waals surface area contributed by atoms with Crippen molar-refractivity contribution in [2.75, 3.05) is 27.7 Å². The third kappa shape index (κ3) is 17.3. The zero-order chi connectivity index (χ0) is 19.5. The number of quaternary nitrogens is 1. The molecule has 0 aromatic heterocycles. The van der Waals surface area contributed by atoms with Gasteiger partial charge >= 0.3 is 0 Å². The Bertz CT molecular complexity index is 270. The van der Waals surface area contributed by atoms with Gasteiger partial charge in [0.05, 0.1) is 21.1 Å². The summed E-state index contributed by atoms with van der Waals surface area (Å²) in [5.41, 5.74) is 0. The maximum Gasteiger partial charge on any atom is 0.141 e. The van der Waals surface area contributed by atoms with E-state index in [1.54, 1.807) is 0 Å². The molecule has 0 aromatic carbocycles. The number of unbranched alkanes of at least 4 members (excludes halogenated alkanes) is 15. The van der Waals surface area contributed by atoms with Gasteiger partial charge in [-0.05, 0) is 6.42 Å². The minimum absolute atomic E-state index is 0.603. The van der Waals surface area contributed by atoms with Gasteiger partial charge in [-0.2, -0.15) is 0 Å². The molecule has 1 N–H and O–H groups in total. The van der Waals surface area contributed by atoms with Crippen LogP contribution in [0.5, 0.6) is 0 Å². The van der Waals surface area contributed by atoms with Gasteiger partial charge in [-0.25, -0.2) is 0 Å². The SMILES string of the molecule is CCCCCCCCCCCCCCCCCCNC(CC)[N+](C)(C)C. The first kappa shape index (κ1) is 25.9. The van der Waals surface area contributed by atoms with E-state index in [4.69, 9.17) is 0 Å². The number of nitrogens with one attached hydrogen (secondary N) is 1. The molecule has 26 heavy (non-hydrogen) atoms. The lowest BCUT2D eigenvalue weighted by Gasteiger charge is -2.34. The van der Waals surface area contributed by atoms with Gasteiger partial charge in [-0.15, -0.1) is 0 Å². The quantitative estimate of drug-likeness (QED) is 0.135. The molecule has 0 heterocycles. The van der Waals surface area contributed by atoms with Crippen molar-refractivity contribution >= 4 is 0 Å². The fourth-order valence-electron chi connectivity index (χ4n) is 3.91. The van der Waals surface area contributed by atoms with Crippen LogP contribution in [0.3, 0.4) is 0 Å². The van der Waals surface area contributed by atoms with Crippen LogP contribution in [0.1, 0.15) is 123 Å². The smallest absolute Gasteiger partial charge is 0.141 e. The summed E-state index contributed by atoms with van der Waals surface area (Å²) in [6, 6.07) is 0. The molecular weight excluding hydrogens is 316 g/mol. The standard InChI is InChI=1S/C24H53N2/c1-6-8-9-10-11-12-13-14-15-16-17-18-19-20-21-22-23-25-24(7-2)26(3,4)5/h24-25H,6-23H2,1-5H3/q+1. The van der Waals surface area contributed by atoms with E-state index in [1.807, 2.05) is 0 Å².